The second kappa shape index (κ2) is 10.5. The molecule has 1 aliphatic heterocycles. The van der Waals surface area contributed by atoms with Gasteiger partial charge in [0.2, 0.25) is 0 Å². The molecule has 38 heavy (non-hydrogen) atoms. The van der Waals surface area contributed by atoms with Crippen molar-refractivity contribution in [1.82, 2.24) is 14.9 Å². The lowest BCUT2D eigenvalue weighted by molar-refractivity contribution is 0.0497. The van der Waals surface area contributed by atoms with E-state index in [-0.39, 0.29) is 11.6 Å². The number of carbonyl (C=O) groups excluding carboxylic acids is 1. The first-order valence-electron chi connectivity index (χ1n) is 13.0. The zero-order chi connectivity index (χ0) is 27.0. The fourth-order valence-corrected chi connectivity index (χ4v) is 5.00. The van der Waals surface area contributed by atoms with Gasteiger partial charge in [-0.25, -0.2) is 14.2 Å². The van der Waals surface area contributed by atoms with Crippen LogP contribution in [0.2, 0.25) is 0 Å². The van der Waals surface area contributed by atoms with E-state index in [0.717, 1.165) is 0 Å². The first kappa shape index (κ1) is 26.4. The molecule has 1 amide bonds. The summed E-state index contributed by atoms with van der Waals surface area (Å²) in [5.74, 6) is 1.10. The Morgan fingerprint density at radius 2 is 1.74 bits per heavy atom. The summed E-state index contributed by atoms with van der Waals surface area (Å²) in [6.07, 6.45) is 3.35. The van der Waals surface area contributed by atoms with Gasteiger partial charge in [0.1, 0.15) is 23.1 Å². The molecule has 2 fully saturated rings. The summed E-state index contributed by atoms with van der Waals surface area (Å²) in [6, 6.07) is 14.3. The van der Waals surface area contributed by atoms with Gasteiger partial charge in [-0.3, -0.25) is 9.36 Å². The topological polar surface area (TPSA) is 76.5 Å². The second-order valence-electron chi connectivity index (χ2n) is 11.0. The molecule has 0 atom stereocenters. The van der Waals surface area contributed by atoms with Crippen LogP contribution in [0.25, 0.3) is 17.1 Å². The highest BCUT2D eigenvalue weighted by Gasteiger charge is 2.26. The van der Waals surface area contributed by atoms with Crippen LogP contribution in [-0.2, 0) is 4.74 Å². The summed E-state index contributed by atoms with van der Waals surface area (Å²) in [5, 5.41) is 2.93. The van der Waals surface area contributed by atoms with Gasteiger partial charge in [0.15, 0.2) is 0 Å². The summed E-state index contributed by atoms with van der Waals surface area (Å²) < 4.78 is 21.8. The largest absolute Gasteiger partial charge is 0.444 e. The Balaban J connectivity index is 1.43. The van der Waals surface area contributed by atoms with E-state index < -0.39 is 17.5 Å². The Morgan fingerprint density at radius 1 is 1.05 bits per heavy atom. The van der Waals surface area contributed by atoms with Gasteiger partial charge in [-0.2, -0.15) is 0 Å². The predicted molar refractivity (Wildman–Crippen MR) is 150 cm³/mol. The van der Waals surface area contributed by atoms with Gasteiger partial charge in [0.25, 0.3) is 5.56 Å². The quantitative estimate of drug-likeness (QED) is 0.389. The van der Waals surface area contributed by atoms with Gasteiger partial charge in [-0.1, -0.05) is 12.1 Å². The van der Waals surface area contributed by atoms with Crippen molar-refractivity contribution in [2.24, 2.45) is 0 Å². The van der Waals surface area contributed by atoms with E-state index in [1.54, 1.807) is 16.7 Å². The first-order chi connectivity index (χ1) is 18.1. The minimum absolute atomic E-state index is 0.0218. The van der Waals surface area contributed by atoms with Crippen molar-refractivity contribution in [3.8, 4) is 17.1 Å². The Hall–Kier alpha value is -3.20. The third-order valence-electron chi connectivity index (χ3n) is 6.82. The maximum Gasteiger partial charge on any atom is 0.407 e. The molecule has 1 N–H and O–H groups in total. The lowest BCUT2D eigenvalue weighted by Crippen LogP contribution is -2.46. The number of ether oxygens (including phenoxy) is 1. The van der Waals surface area contributed by atoms with Crippen LogP contribution >= 0.6 is 15.9 Å². The molecule has 7 nitrogen and oxygen atoms in total. The van der Waals surface area contributed by atoms with Crippen LogP contribution in [0.3, 0.4) is 0 Å². The van der Waals surface area contributed by atoms with Gasteiger partial charge in [-0.15, -0.1) is 0 Å². The zero-order valence-corrected chi connectivity index (χ0v) is 23.4. The molecule has 1 saturated carbocycles. The fourth-order valence-electron chi connectivity index (χ4n) is 4.75. The lowest BCUT2D eigenvalue weighted by atomic mass is 10.1. The van der Waals surface area contributed by atoms with Crippen LogP contribution in [0.5, 0.6) is 0 Å². The summed E-state index contributed by atoms with van der Waals surface area (Å²) in [5.41, 5.74) is 1.68. The number of carbonyl (C=O) groups is 1. The molecular formula is C29H32BrFN4O3. The molecule has 2 aromatic carbocycles. The average molecular weight is 584 g/mol. The van der Waals surface area contributed by atoms with Gasteiger partial charge < -0.3 is 15.0 Å². The Bertz CT molecular complexity index is 1390. The monoisotopic (exact) mass is 582 g/mol. The van der Waals surface area contributed by atoms with Crippen molar-refractivity contribution in [1.29, 1.82) is 0 Å². The van der Waals surface area contributed by atoms with E-state index in [0.29, 0.717) is 59.2 Å². The predicted octanol–water partition coefficient (Wildman–Crippen LogP) is 6.17. The van der Waals surface area contributed by atoms with Crippen molar-refractivity contribution < 1.29 is 13.9 Å². The number of alkyl carbamates (subject to hydrolysis) is 1. The molecule has 0 bridgehead atoms. The zero-order valence-electron chi connectivity index (χ0n) is 21.8. The highest BCUT2D eigenvalue weighted by atomic mass is 79.9. The van der Waals surface area contributed by atoms with Gasteiger partial charge in [0, 0.05) is 30.8 Å². The number of hydrogen-bond donors (Lipinski definition) is 1. The summed E-state index contributed by atoms with van der Waals surface area (Å²) in [4.78, 5) is 32.6. The Kier molecular flexibility index (Phi) is 7.31. The second-order valence-corrected chi connectivity index (χ2v) is 11.9. The van der Waals surface area contributed by atoms with E-state index in [1.165, 1.54) is 30.5 Å². The number of nitrogens with zero attached hydrogens (tertiary/aromatic N) is 3. The molecular weight excluding hydrogens is 551 g/mol. The van der Waals surface area contributed by atoms with Gasteiger partial charge >= 0.3 is 6.09 Å². The highest BCUT2D eigenvalue weighted by Crippen LogP contribution is 2.40. The van der Waals surface area contributed by atoms with Crippen molar-refractivity contribution in [2.75, 3.05) is 18.0 Å². The average Bonchev–Trinajstić information content (AvgIpc) is 3.70. The number of halogens is 2. The van der Waals surface area contributed by atoms with Crippen LogP contribution < -0.4 is 15.8 Å². The summed E-state index contributed by atoms with van der Waals surface area (Å²) >= 11 is 3.21. The highest BCUT2D eigenvalue weighted by molar-refractivity contribution is 9.10. The number of nitrogens with one attached hydrogen (secondary N) is 1. The van der Waals surface area contributed by atoms with E-state index in [1.807, 2.05) is 37.8 Å². The molecule has 200 valence electrons. The minimum atomic E-state index is -0.556. The fraction of sp³-hybridized carbons (Fsp3) is 0.414. The molecule has 1 saturated heterocycles. The van der Waals surface area contributed by atoms with E-state index in [2.05, 4.69) is 33.4 Å². The Morgan fingerprint density at radius 3 is 2.34 bits per heavy atom. The number of amides is 1. The molecule has 2 heterocycles. The molecule has 1 aliphatic carbocycles. The lowest BCUT2D eigenvalue weighted by Gasteiger charge is -2.33. The molecule has 2 aliphatic rings. The van der Waals surface area contributed by atoms with Crippen molar-refractivity contribution in [2.45, 2.75) is 64.0 Å². The molecule has 0 radical (unpaired) electrons. The van der Waals surface area contributed by atoms with E-state index >= 15 is 0 Å². The molecule has 3 aromatic rings. The molecule has 0 unspecified atom stereocenters. The van der Waals surface area contributed by atoms with Crippen LogP contribution in [-0.4, -0.2) is 40.4 Å². The molecule has 1 aromatic heterocycles. The van der Waals surface area contributed by atoms with E-state index in [9.17, 15) is 14.0 Å². The normalized spacial score (nSPS) is 16.4. The maximum atomic E-state index is 14.5. The first-order valence-corrected chi connectivity index (χ1v) is 13.8. The molecule has 9 heteroatoms. The smallest absolute Gasteiger partial charge is 0.407 e. The van der Waals surface area contributed by atoms with Crippen molar-refractivity contribution >= 4 is 27.8 Å². The Labute approximate surface area is 230 Å². The molecule has 0 spiro atoms. The van der Waals surface area contributed by atoms with Crippen LogP contribution in [0, 0.1) is 5.82 Å². The number of hydrogen-bond acceptors (Lipinski definition) is 5. The maximum absolute atomic E-state index is 14.5. The SMILES string of the molecule is CC(C)(C)OC(=O)NC1CCN(c2cc(=O)n(-c3ccc(C4CC4)cc3)c(-c3ccc(Br)c(F)c3)n2)CC1. The van der Waals surface area contributed by atoms with Gasteiger partial charge in [0.05, 0.1) is 10.2 Å². The van der Waals surface area contributed by atoms with Crippen LogP contribution in [0.1, 0.15) is 57.9 Å². The standard InChI is InChI=1S/C29H32BrFN4O3/c1-29(2,3)38-28(37)32-21-12-14-34(15-13-21)25-17-26(36)35(22-9-6-19(7-10-22)18-4-5-18)27(33-25)20-8-11-23(30)24(31)16-20/h6-11,16-18,21H,4-5,12-15H2,1-3H3,(H,32,37). The molecule has 5 rings (SSSR count). The summed E-state index contributed by atoms with van der Waals surface area (Å²) in [6.45, 7) is 6.72. The van der Waals surface area contributed by atoms with Crippen LogP contribution in [0.4, 0.5) is 15.0 Å². The van der Waals surface area contributed by atoms with Gasteiger partial charge in [-0.05, 0) is 104 Å². The third-order valence-corrected chi connectivity index (χ3v) is 7.47. The van der Waals surface area contributed by atoms with Crippen molar-refractivity contribution in [3.05, 3.63) is 74.7 Å². The number of piperidine rings is 1. The minimum Gasteiger partial charge on any atom is -0.444 e. The third kappa shape index (κ3) is 6.09. The summed E-state index contributed by atoms with van der Waals surface area (Å²) in [7, 11) is 0. The van der Waals surface area contributed by atoms with E-state index in [4.69, 9.17) is 9.72 Å². The number of benzene rings is 2. The number of rotatable bonds is 5. The van der Waals surface area contributed by atoms with Crippen molar-refractivity contribution in [3.63, 3.8) is 0 Å². The number of anilines is 1. The number of aromatic nitrogens is 2. The van der Waals surface area contributed by atoms with Crippen LogP contribution in [0.15, 0.2) is 57.8 Å².